The molecule has 0 aliphatic carbocycles. The third-order valence-corrected chi connectivity index (χ3v) is 4.84. The van der Waals surface area contributed by atoms with E-state index in [2.05, 4.69) is 25.3 Å². The van der Waals surface area contributed by atoms with E-state index in [-0.39, 0.29) is 11.9 Å². The third-order valence-electron chi connectivity index (χ3n) is 4.84. The molecule has 1 aliphatic rings. The second-order valence-corrected chi connectivity index (χ2v) is 6.52. The van der Waals surface area contributed by atoms with Gasteiger partial charge in [0.2, 0.25) is 5.91 Å². The van der Waals surface area contributed by atoms with E-state index < -0.39 is 0 Å². The molecule has 1 atom stereocenters. The minimum atomic E-state index is 0.0129. The number of hydrogen-bond donors (Lipinski definition) is 2. The van der Waals surface area contributed by atoms with Crippen molar-refractivity contribution < 1.29 is 4.79 Å². The number of para-hydroxylation sites is 2. The fourth-order valence-electron chi connectivity index (χ4n) is 3.53. The number of anilines is 1. The summed E-state index contributed by atoms with van der Waals surface area (Å²) in [6.45, 7) is 0.773. The van der Waals surface area contributed by atoms with Gasteiger partial charge < -0.3 is 15.2 Å². The maximum Gasteiger partial charge on any atom is 0.223 e. The molecular formula is C19H22N6O. The van der Waals surface area contributed by atoms with Gasteiger partial charge in [-0.25, -0.2) is 9.97 Å². The fourth-order valence-corrected chi connectivity index (χ4v) is 3.53. The number of hydrogen-bond acceptors (Lipinski definition) is 5. The lowest BCUT2D eigenvalue weighted by molar-refractivity contribution is -0.132. The van der Waals surface area contributed by atoms with Gasteiger partial charge in [0.15, 0.2) is 0 Å². The van der Waals surface area contributed by atoms with Crippen molar-refractivity contribution in [1.29, 1.82) is 0 Å². The molecule has 0 saturated carbocycles. The Labute approximate surface area is 151 Å². The maximum atomic E-state index is 12.8. The summed E-state index contributed by atoms with van der Waals surface area (Å²) >= 11 is 0. The van der Waals surface area contributed by atoms with Crippen molar-refractivity contribution >= 4 is 22.8 Å². The second-order valence-electron chi connectivity index (χ2n) is 6.52. The number of H-pyrrole nitrogens is 1. The van der Waals surface area contributed by atoms with Crippen LogP contribution in [0, 0.1) is 0 Å². The van der Waals surface area contributed by atoms with Gasteiger partial charge in [-0.3, -0.25) is 9.78 Å². The molecule has 4 rings (SSSR count). The molecule has 1 aromatic carbocycles. The Morgan fingerprint density at radius 3 is 3.04 bits per heavy atom. The Balaban J connectivity index is 1.44. The van der Waals surface area contributed by atoms with Crippen LogP contribution in [-0.4, -0.2) is 44.3 Å². The number of nitrogens with one attached hydrogen (secondary N) is 2. The van der Waals surface area contributed by atoms with Crippen molar-refractivity contribution in [3.8, 4) is 0 Å². The largest absolute Gasteiger partial charge is 0.372 e. The minimum absolute atomic E-state index is 0.0129. The molecule has 0 radical (unpaired) electrons. The van der Waals surface area contributed by atoms with Crippen molar-refractivity contribution in [2.45, 2.75) is 31.7 Å². The van der Waals surface area contributed by atoms with Gasteiger partial charge in [-0.05, 0) is 25.0 Å². The van der Waals surface area contributed by atoms with E-state index in [0.717, 1.165) is 47.8 Å². The predicted molar refractivity (Wildman–Crippen MR) is 99.7 cm³/mol. The van der Waals surface area contributed by atoms with E-state index in [1.165, 1.54) is 0 Å². The van der Waals surface area contributed by atoms with E-state index in [1.807, 2.05) is 36.2 Å². The maximum absolute atomic E-state index is 12.8. The highest BCUT2D eigenvalue weighted by molar-refractivity contribution is 5.78. The van der Waals surface area contributed by atoms with E-state index in [0.29, 0.717) is 12.8 Å². The summed E-state index contributed by atoms with van der Waals surface area (Å²) in [6.07, 6.45) is 6.42. The fraction of sp³-hybridized carbons (Fsp3) is 0.368. The molecule has 7 heteroatoms. The number of aromatic amines is 1. The smallest absolute Gasteiger partial charge is 0.223 e. The Morgan fingerprint density at radius 2 is 2.19 bits per heavy atom. The van der Waals surface area contributed by atoms with Crippen molar-refractivity contribution in [3.05, 3.63) is 48.2 Å². The number of aromatic nitrogens is 4. The number of likely N-dealkylation sites (tertiary alicyclic amines) is 1. The van der Waals surface area contributed by atoms with Crippen LogP contribution in [0.3, 0.4) is 0 Å². The summed E-state index contributed by atoms with van der Waals surface area (Å²) in [5.74, 6) is 1.72. The lowest BCUT2D eigenvalue weighted by Crippen LogP contribution is -2.31. The van der Waals surface area contributed by atoms with E-state index in [4.69, 9.17) is 0 Å². The van der Waals surface area contributed by atoms with Crippen molar-refractivity contribution in [1.82, 2.24) is 24.8 Å². The number of fused-ring (bicyclic) bond motifs is 1. The van der Waals surface area contributed by atoms with E-state index >= 15 is 0 Å². The first-order valence-corrected chi connectivity index (χ1v) is 8.97. The minimum Gasteiger partial charge on any atom is -0.372 e. The number of aryl methyl sites for hydroxylation is 1. The zero-order valence-electron chi connectivity index (χ0n) is 14.8. The molecule has 2 N–H and O–H groups in total. The number of benzene rings is 1. The topological polar surface area (TPSA) is 86.8 Å². The molecule has 0 bridgehead atoms. The molecular weight excluding hydrogens is 328 g/mol. The average molecular weight is 350 g/mol. The van der Waals surface area contributed by atoms with Gasteiger partial charge in [0.05, 0.1) is 35.2 Å². The molecule has 1 unspecified atom stereocenters. The van der Waals surface area contributed by atoms with Crippen LogP contribution in [-0.2, 0) is 11.2 Å². The van der Waals surface area contributed by atoms with Gasteiger partial charge >= 0.3 is 0 Å². The van der Waals surface area contributed by atoms with Gasteiger partial charge in [-0.1, -0.05) is 12.1 Å². The summed E-state index contributed by atoms with van der Waals surface area (Å²) in [5.41, 5.74) is 2.80. The SMILES string of the molecule is CNc1cncc(C2CCCN2C(=O)CCc2nc3ccccc3[nH]2)n1. The third kappa shape index (κ3) is 3.24. The summed E-state index contributed by atoms with van der Waals surface area (Å²) in [4.78, 5) is 31.4. The van der Waals surface area contributed by atoms with Gasteiger partial charge in [-0.2, -0.15) is 0 Å². The van der Waals surface area contributed by atoms with E-state index in [1.54, 1.807) is 12.4 Å². The highest BCUT2D eigenvalue weighted by Crippen LogP contribution is 2.31. The number of carbonyl (C=O) groups is 1. The first-order valence-electron chi connectivity index (χ1n) is 8.97. The van der Waals surface area contributed by atoms with Crippen molar-refractivity contribution in [3.63, 3.8) is 0 Å². The first kappa shape index (κ1) is 16.5. The molecule has 1 aliphatic heterocycles. The highest BCUT2D eigenvalue weighted by atomic mass is 16.2. The van der Waals surface area contributed by atoms with Gasteiger partial charge in [-0.15, -0.1) is 0 Å². The number of amides is 1. The van der Waals surface area contributed by atoms with Crippen molar-refractivity contribution in [2.24, 2.45) is 0 Å². The lowest BCUT2D eigenvalue weighted by Gasteiger charge is -2.24. The quantitative estimate of drug-likeness (QED) is 0.739. The standard InChI is InChI=1S/C19H22N6O/c1-20-18-12-21-11-15(24-18)16-7-4-10-25(16)19(26)9-8-17-22-13-5-2-3-6-14(13)23-17/h2-3,5-6,11-12,16H,4,7-10H2,1H3,(H,20,24)(H,22,23). The predicted octanol–water partition coefficient (Wildman–Crippen LogP) is 2.69. The molecule has 26 heavy (non-hydrogen) atoms. The summed E-state index contributed by atoms with van der Waals surface area (Å²) in [7, 11) is 1.82. The Hall–Kier alpha value is -2.96. The zero-order chi connectivity index (χ0) is 17.9. The Morgan fingerprint density at radius 1 is 1.31 bits per heavy atom. The van der Waals surface area contributed by atoms with Gasteiger partial charge in [0, 0.05) is 26.4 Å². The summed E-state index contributed by atoms with van der Waals surface area (Å²) in [5, 5.41) is 3.00. The Kier molecular flexibility index (Phi) is 4.51. The van der Waals surface area contributed by atoms with Crippen LogP contribution in [0.5, 0.6) is 0 Å². The van der Waals surface area contributed by atoms with Crippen LogP contribution in [0.15, 0.2) is 36.7 Å². The average Bonchev–Trinajstić information content (AvgIpc) is 3.32. The normalized spacial score (nSPS) is 17.0. The van der Waals surface area contributed by atoms with Crippen LogP contribution in [0.25, 0.3) is 11.0 Å². The Bertz CT molecular complexity index is 888. The molecule has 1 fully saturated rings. The number of nitrogens with zero attached hydrogens (tertiary/aromatic N) is 4. The molecule has 1 saturated heterocycles. The van der Waals surface area contributed by atoms with Crippen LogP contribution >= 0.6 is 0 Å². The molecule has 3 heterocycles. The summed E-state index contributed by atoms with van der Waals surface area (Å²) in [6, 6.07) is 7.93. The van der Waals surface area contributed by atoms with Crippen LogP contribution in [0.2, 0.25) is 0 Å². The summed E-state index contributed by atoms with van der Waals surface area (Å²) < 4.78 is 0. The zero-order valence-corrected chi connectivity index (χ0v) is 14.8. The van der Waals surface area contributed by atoms with Crippen LogP contribution < -0.4 is 5.32 Å². The van der Waals surface area contributed by atoms with E-state index in [9.17, 15) is 4.79 Å². The number of imidazole rings is 1. The molecule has 0 spiro atoms. The molecule has 134 valence electrons. The lowest BCUT2D eigenvalue weighted by atomic mass is 10.1. The van der Waals surface area contributed by atoms with Crippen LogP contribution in [0.1, 0.15) is 36.8 Å². The van der Waals surface area contributed by atoms with Crippen molar-refractivity contribution in [2.75, 3.05) is 18.9 Å². The monoisotopic (exact) mass is 350 g/mol. The van der Waals surface area contributed by atoms with Gasteiger partial charge in [0.25, 0.3) is 0 Å². The highest BCUT2D eigenvalue weighted by Gasteiger charge is 2.31. The number of carbonyl (C=O) groups excluding carboxylic acids is 1. The molecule has 2 aromatic heterocycles. The molecule has 7 nitrogen and oxygen atoms in total. The second kappa shape index (κ2) is 7.11. The van der Waals surface area contributed by atoms with Crippen LogP contribution in [0.4, 0.5) is 5.82 Å². The number of rotatable bonds is 5. The van der Waals surface area contributed by atoms with Gasteiger partial charge in [0.1, 0.15) is 11.6 Å². The molecule has 3 aromatic rings. The molecule has 1 amide bonds. The first-order chi connectivity index (χ1) is 12.7.